The minimum atomic E-state index is -0.334. The third kappa shape index (κ3) is 3.42. The fraction of sp³-hybridized carbons (Fsp3) is 0.333. The van der Waals surface area contributed by atoms with Crippen LogP contribution in [-0.4, -0.2) is 0 Å². The number of nitrogens with two attached hydrogens (primary N) is 1. The molecular weight excluding hydrogens is 265 g/mol. The van der Waals surface area contributed by atoms with Gasteiger partial charge < -0.3 is 10.5 Å². The van der Waals surface area contributed by atoms with Crippen molar-refractivity contribution < 1.29 is 9.13 Å². The van der Waals surface area contributed by atoms with Crippen molar-refractivity contribution in [2.75, 3.05) is 0 Å². The summed E-state index contributed by atoms with van der Waals surface area (Å²) in [4.78, 5) is 0. The van der Waals surface area contributed by atoms with Crippen LogP contribution in [-0.2, 0) is 12.0 Å². The Hall–Kier alpha value is -1.87. The van der Waals surface area contributed by atoms with E-state index in [0.717, 1.165) is 11.3 Å². The summed E-state index contributed by atoms with van der Waals surface area (Å²) in [7, 11) is 0. The van der Waals surface area contributed by atoms with Crippen LogP contribution in [0.1, 0.15) is 37.5 Å². The van der Waals surface area contributed by atoms with E-state index < -0.39 is 0 Å². The summed E-state index contributed by atoms with van der Waals surface area (Å²) in [5.74, 6) is 0.889. The van der Waals surface area contributed by atoms with Crippen molar-refractivity contribution in [3.63, 3.8) is 0 Å². The molecule has 2 N–H and O–H groups in total. The molecule has 2 aromatic carbocycles. The molecule has 0 spiro atoms. The lowest BCUT2D eigenvalue weighted by Crippen LogP contribution is -2.13. The van der Waals surface area contributed by atoms with Gasteiger partial charge in [0, 0.05) is 17.7 Å². The second-order valence-corrected chi connectivity index (χ2v) is 6.27. The topological polar surface area (TPSA) is 35.2 Å². The largest absolute Gasteiger partial charge is 0.457 e. The van der Waals surface area contributed by atoms with Crippen LogP contribution in [0.3, 0.4) is 0 Å². The number of hydrogen-bond acceptors (Lipinski definition) is 2. The van der Waals surface area contributed by atoms with Crippen LogP contribution in [0.4, 0.5) is 4.39 Å². The first-order valence-corrected chi connectivity index (χ1v) is 7.09. The molecule has 0 bridgehead atoms. The smallest absolute Gasteiger partial charge is 0.134 e. The van der Waals surface area contributed by atoms with Gasteiger partial charge in [-0.3, -0.25) is 0 Å². The lowest BCUT2D eigenvalue weighted by molar-refractivity contribution is 0.444. The predicted molar refractivity (Wildman–Crippen MR) is 84.2 cm³/mol. The summed E-state index contributed by atoms with van der Waals surface area (Å²) >= 11 is 0. The first kappa shape index (κ1) is 15.5. The molecule has 0 aliphatic carbocycles. The van der Waals surface area contributed by atoms with Crippen molar-refractivity contribution in [3.8, 4) is 11.5 Å². The van der Waals surface area contributed by atoms with Gasteiger partial charge in [0.1, 0.15) is 17.3 Å². The van der Waals surface area contributed by atoms with E-state index in [-0.39, 0.29) is 17.8 Å². The van der Waals surface area contributed by atoms with Gasteiger partial charge in [0.2, 0.25) is 0 Å². The van der Waals surface area contributed by atoms with E-state index in [1.165, 1.54) is 11.6 Å². The highest BCUT2D eigenvalue weighted by Crippen LogP contribution is 2.36. The Kier molecular flexibility index (Phi) is 4.33. The summed E-state index contributed by atoms with van der Waals surface area (Å²) in [6.07, 6.45) is 0. The maximum Gasteiger partial charge on any atom is 0.134 e. The van der Waals surface area contributed by atoms with Crippen LogP contribution < -0.4 is 10.5 Å². The van der Waals surface area contributed by atoms with Crippen molar-refractivity contribution in [2.24, 2.45) is 5.73 Å². The fourth-order valence-electron chi connectivity index (χ4n) is 2.27. The third-order valence-corrected chi connectivity index (χ3v) is 3.44. The van der Waals surface area contributed by atoms with Gasteiger partial charge in [0.25, 0.3) is 0 Å². The summed E-state index contributed by atoms with van der Waals surface area (Å²) in [6, 6.07) is 10.8. The summed E-state index contributed by atoms with van der Waals surface area (Å²) in [6.45, 7) is 8.55. The Bertz CT molecular complexity index is 644. The fourth-order valence-corrected chi connectivity index (χ4v) is 2.27. The van der Waals surface area contributed by atoms with Gasteiger partial charge in [-0.05, 0) is 30.5 Å². The second kappa shape index (κ2) is 5.86. The van der Waals surface area contributed by atoms with E-state index in [1.54, 1.807) is 12.1 Å². The van der Waals surface area contributed by atoms with Gasteiger partial charge in [-0.2, -0.15) is 0 Å². The van der Waals surface area contributed by atoms with Crippen LogP contribution in [0.5, 0.6) is 11.5 Å². The van der Waals surface area contributed by atoms with Crippen LogP contribution >= 0.6 is 0 Å². The number of ether oxygens (including phenoxy) is 1. The van der Waals surface area contributed by atoms with Crippen LogP contribution in [0.2, 0.25) is 0 Å². The third-order valence-electron chi connectivity index (χ3n) is 3.44. The first-order chi connectivity index (χ1) is 9.82. The molecule has 0 fully saturated rings. The number of benzene rings is 2. The van der Waals surface area contributed by atoms with Crippen LogP contribution in [0, 0.1) is 12.7 Å². The Morgan fingerprint density at radius 1 is 1.10 bits per heavy atom. The van der Waals surface area contributed by atoms with Crippen molar-refractivity contribution in [1.29, 1.82) is 0 Å². The summed E-state index contributed by atoms with van der Waals surface area (Å²) < 4.78 is 19.8. The average Bonchev–Trinajstić information content (AvgIpc) is 2.40. The zero-order valence-electron chi connectivity index (χ0n) is 13.0. The molecule has 0 radical (unpaired) electrons. The molecule has 0 aliphatic rings. The predicted octanol–water partition coefficient (Wildman–Crippen LogP) is 4.68. The number of hydrogen-bond donors (Lipinski definition) is 1. The van der Waals surface area contributed by atoms with E-state index >= 15 is 0 Å². The molecule has 3 heteroatoms. The number of rotatable bonds is 3. The molecular formula is C18H22FNO. The average molecular weight is 287 g/mol. The number of halogens is 1. The minimum Gasteiger partial charge on any atom is -0.457 e. The van der Waals surface area contributed by atoms with E-state index in [2.05, 4.69) is 26.8 Å². The lowest BCUT2D eigenvalue weighted by atomic mass is 9.85. The zero-order chi connectivity index (χ0) is 15.6. The van der Waals surface area contributed by atoms with Gasteiger partial charge in [-0.15, -0.1) is 0 Å². The van der Waals surface area contributed by atoms with E-state index in [9.17, 15) is 4.39 Å². The second-order valence-electron chi connectivity index (χ2n) is 6.27. The van der Waals surface area contributed by atoms with Crippen molar-refractivity contribution in [3.05, 3.63) is 58.9 Å². The molecule has 0 heterocycles. The van der Waals surface area contributed by atoms with Crippen LogP contribution in [0.15, 0.2) is 36.4 Å². The van der Waals surface area contributed by atoms with Crippen molar-refractivity contribution >= 4 is 0 Å². The highest BCUT2D eigenvalue weighted by Gasteiger charge is 2.20. The Morgan fingerprint density at radius 2 is 1.81 bits per heavy atom. The maximum atomic E-state index is 13.8. The normalized spacial score (nSPS) is 11.5. The Morgan fingerprint density at radius 3 is 2.43 bits per heavy atom. The monoisotopic (exact) mass is 287 g/mol. The highest BCUT2D eigenvalue weighted by atomic mass is 19.1. The molecule has 0 aromatic heterocycles. The van der Waals surface area contributed by atoms with E-state index in [4.69, 9.17) is 10.5 Å². The van der Waals surface area contributed by atoms with Gasteiger partial charge in [0.15, 0.2) is 0 Å². The standard InChI is InChI=1S/C18H22FNO/c1-12-8-9-17(14(10-12)18(2,3)4)21-16-7-5-6-15(19)13(16)11-20/h5-10H,11,20H2,1-4H3. The molecule has 2 rings (SSSR count). The van der Waals surface area contributed by atoms with Crippen molar-refractivity contribution in [1.82, 2.24) is 0 Å². The van der Waals surface area contributed by atoms with Crippen molar-refractivity contribution in [2.45, 2.75) is 39.7 Å². The molecule has 0 unspecified atom stereocenters. The summed E-state index contributed by atoms with van der Waals surface area (Å²) in [5.41, 5.74) is 8.24. The SMILES string of the molecule is Cc1ccc(Oc2cccc(F)c2CN)c(C(C)(C)C)c1. The summed E-state index contributed by atoms with van der Waals surface area (Å²) in [5, 5.41) is 0. The number of aryl methyl sites for hydroxylation is 1. The molecule has 2 nitrogen and oxygen atoms in total. The molecule has 112 valence electrons. The molecule has 2 aromatic rings. The van der Waals surface area contributed by atoms with E-state index in [0.29, 0.717) is 11.3 Å². The highest BCUT2D eigenvalue weighted by molar-refractivity contribution is 5.45. The molecule has 0 saturated carbocycles. The first-order valence-electron chi connectivity index (χ1n) is 7.09. The molecule has 0 amide bonds. The lowest BCUT2D eigenvalue weighted by Gasteiger charge is -2.24. The molecule has 21 heavy (non-hydrogen) atoms. The van der Waals surface area contributed by atoms with Gasteiger partial charge >= 0.3 is 0 Å². The Balaban J connectivity index is 2.48. The quantitative estimate of drug-likeness (QED) is 0.889. The minimum absolute atomic E-state index is 0.0580. The zero-order valence-corrected chi connectivity index (χ0v) is 13.0. The molecule has 0 atom stereocenters. The Labute approximate surface area is 125 Å². The molecule has 0 aliphatic heterocycles. The van der Waals surface area contributed by atoms with Gasteiger partial charge in [-0.1, -0.05) is 44.5 Å². The van der Waals surface area contributed by atoms with Gasteiger partial charge in [0.05, 0.1) is 0 Å². The van der Waals surface area contributed by atoms with Crippen LogP contribution in [0.25, 0.3) is 0 Å². The maximum absolute atomic E-state index is 13.8. The van der Waals surface area contributed by atoms with E-state index in [1.807, 2.05) is 19.1 Å². The molecule has 0 saturated heterocycles. The van der Waals surface area contributed by atoms with Gasteiger partial charge in [-0.25, -0.2) is 4.39 Å².